The van der Waals surface area contributed by atoms with Crippen molar-refractivity contribution in [3.63, 3.8) is 0 Å². The van der Waals surface area contributed by atoms with Gasteiger partial charge in [-0.3, -0.25) is 4.79 Å². The lowest BCUT2D eigenvalue weighted by molar-refractivity contribution is -0.873. The number of esters is 1. The number of carbonyl (C=O) groups excluding carboxylic acids is 1. The molecule has 3 aliphatic rings. The van der Waals surface area contributed by atoms with Crippen LogP contribution < -0.4 is 0 Å². The first-order valence-electron chi connectivity index (χ1n) is 13.4. The van der Waals surface area contributed by atoms with Crippen molar-refractivity contribution in [1.82, 2.24) is 0 Å². The Morgan fingerprint density at radius 3 is 2.06 bits per heavy atom. The Kier molecular flexibility index (Phi) is 9.28. The van der Waals surface area contributed by atoms with Crippen molar-refractivity contribution >= 4 is 5.97 Å². The van der Waals surface area contributed by atoms with Gasteiger partial charge < -0.3 is 14.3 Å². The predicted octanol–water partition coefficient (Wildman–Crippen LogP) is 5.43. The van der Waals surface area contributed by atoms with Crippen molar-refractivity contribution in [3.05, 3.63) is 0 Å². The molecule has 0 aromatic heterocycles. The third-order valence-electron chi connectivity index (χ3n) is 8.09. The minimum absolute atomic E-state index is 0.123. The number of quaternary nitrogens is 1. The van der Waals surface area contributed by atoms with Crippen LogP contribution in [0.25, 0.3) is 0 Å². The Balaban J connectivity index is 1.08. The predicted molar refractivity (Wildman–Crippen MR) is 127 cm³/mol. The largest absolute Gasteiger partial charge is 0.463 e. The van der Waals surface area contributed by atoms with Crippen molar-refractivity contribution in [2.75, 3.05) is 34.3 Å². The quantitative estimate of drug-likeness (QED) is 0.188. The molecule has 7 atom stereocenters. The molecule has 4 nitrogen and oxygen atoms in total. The van der Waals surface area contributed by atoms with E-state index < -0.39 is 6.10 Å². The van der Waals surface area contributed by atoms with Crippen molar-refractivity contribution in [2.24, 2.45) is 35.5 Å². The molecule has 0 aliphatic heterocycles. The summed E-state index contributed by atoms with van der Waals surface area (Å²) in [6.45, 7) is 3.08. The van der Waals surface area contributed by atoms with E-state index in [4.69, 9.17) is 4.74 Å². The van der Waals surface area contributed by atoms with Crippen LogP contribution in [0.15, 0.2) is 0 Å². The Labute approximate surface area is 191 Å². The fourth-order valence-electron chi connectivity index (χ4n) is 5.87. The minimum Gasteiger partial charge on any atom is -0.463 e. The van der Waals surface area contributed by atoms with Crippen LogP contribution in [0.3, 0.4) is 0 Å². The number of nitrogens with zero attached hydrogens (tertiary/aromatic N) is 1. The van der Waals surface area contributed by atoms with Crippen LogP contribution in [-0.4, -0.2) is 56.0 Å². The highest BCUT2D eigenvalue weighted by Gasteiger charge is 2.48. The van der Waals surface area contributed by atoms with Crippen molar-refractivity contribution in [1.29, 1.82) is 0 Å². The molecule has 0 amide bonds. The highest BCUT2D eigenvalue weighted by atomic mass is 16.5. The van der Waals surface area contributed by atoms with Gasteiger partial charge in [-0.05, 0) is 74.0 Å². The summed E-state index contributed by atoms with van der Waals surface area (Å²) in [7, 11) is 6.07. The molecule has 3 saturated carbocycles. The molecule has 0 spiro atoms. The van der Waals surface area contributed by atoms with Gasteiger partial charge in [-0.25, -0.2) is 0 Å². The fraction of sp³-hybridized carbons (Fsp3) is 0.963. The van der Waals surface area contributed by atoms with Gasteiger partial charge in [0.15, 0.2) is 0 Å². The Hall–Kier alpha value is -0.610. The molecule has 1 N–H and O–H groups in total. The molecular weight excluding hydrogens is 386 g/mol. The molecule has 3 rings (SSSR count). The lowest BCUT2D eigenvalue weighted by atomic mass is 10.0. The molecule has 4 heteroatoms. The first kappa shape index (κ1) is 25.0. The Morgan fingerprint density at radius 1 is 0.871 bits per heavy atom. The summed E-state index contributed by atoms with van der Waals surface area (Å²) in [6, 6.07) is 0. The van der Waals surface area contributed by atoms with Crippen molar-refractivity contribution in [2.45, 2.75) is 96.5 Å². The van der Waals surface area contributed by atoms with Gasteiger partial charge in [0.2, 0.25) is 0 Å². The average molecular weight is 437 g/mol. The molecular formula is C27H50NO3+. The van der Waals surface area contributed by atoms with Crippen molar-refractivity contribution in [3.8, 4) is 0 Å². The highest BCUT2D eigenvalue weighted by Crippen LogP contribution is 2.58. The molecule has 0 radical (unpaired) electrons. The van der Waals surface area contributed by atoms with Gasteiger partial charge in [-0.1, -0.05) is 45.4 Å². The van der Waals surface area contributed by atoms with E-state index in [0.29, 0.717) is 17.4 Å². The molecule has 0 saturated heterocycles. The first-order valence-corrected chi connectivity index (χ1v) is 13.4. The number of carbonyl (C=O) groups is 1. The summed E-state index contributed by atoms with van der Waals surface area (Å²) in [4.78, 5) is 11.8. The first-order chi connectivity index (χ1) is 14.7. The summed E-state index contributed by atoms with van der Waals surface area (Å²) in [5.41, 5.74) is 0. The van der Waals surface area contributed by atoms with Gasteiger partial charge in [-0.2, -0.15) is 0 Å². The zero-order valence-electron chi connectivity index (χ0n) is 20.9. The third kappa shape index (κ3) is 9.82. The zero-order valence-corrected chi connectivity index (χ0v) is 20.9. The maximum atomic E-state index is 11.8. The summed E-state index contributed by atoms with van der Waals surface area (Å²) >= 11 is 0. The van der Waals surface area contributed by atoms with Crippen LogP contribution in [0.2, 0.25) is 0 Å². The van der Waals surface area contributed by atoms with Gasteiger partial charge in [0, 0.05) is 6.42 Å². The molecule has 7 unspecified atom stereocenters. The van der Waals surface area contributed by atoms with E-state index in [1.54, 1.807) is 19.3 Å². The normalized spacial score (nSPS) is 32.5. The van der Waals surface area contributed by atoms with Crippen LogP contribution in [0.1, 0.15) is 90.4 Å². The topological polar surface area (TPSA) is 46.5 Å². The smallest absolute Gasteiger partial charge is 0.305 e. The van der Waals surface area contributed by atoms with Crippen LogP contribution in [-0.2, 0) is 9.53 Å². The summed E-state index contributed by atoms with van der Waals surface area (Å²) in [6.07, 6.45) is 16.4. The van der Waals surface area contributed by atoms with Gasteiger partial charge >= 0.3 is 5.97 Å². The molecule has 0 heterocycles. The maximum Gasteiger partial charge on any atom is 0.305 e. The number of aliphatic hydroxyl groups excluding tert-OH is 1. The SMILES string of the molecule is CCC1CC1CC1CC1CC1CC1CCCCCCCC(=O)OCC(O)C[N+](C)(C)C. The fourth-order valence-corrected chi connectivity index (χ4v) is 5.87. The molecule has 0 aromatic carbocycles. The summed E-state index contributed by atoms with van der Waals surface area (Å²) in [5.74, 6) is 6.35. The van der Waals surface area contributed by atoms with Gasteiger partial charge in [0.05, 0.1) is 21.1 Å². The monoisotopic (exact) mass is 436 g/mol. The van der Waals surface area contributed by atoms with Crippen LogP contribution >= 0.6 is 0 Å². The second-order valence-electron chi connectivity index (χ2n) is 12.3. The van der Waals surface area contributed by atoms with Gasteiger partial charge in [-0.15, -0.1) is 0 Å². The van der Waals surface area contributed by atoms with E-state index >= 15 is 0 Å². The molecule has 31 heavy (non-hydrogen) atoms. The van der Waals surface area contributed by atoms with E-state index in [1.807, 2.05) is 21.1 Å². The van der Waals surface area contributed by atoms with Gasteiger partial charge in [0.25, 0.3) is 0 Å². The molecule has 3 fully saturated rings. The number of ether oxygens (including phenoxy) is 1. The summed E-state index contributed by atoms with van der Waals surface area (Å²) in [5, 5.41) is 9.90. The minimum atomic E-state index is -0.576. The van der Waals surface area contributed by atoms with Crippen LogP contribution in [0, 0.1) is 35.5 Å². The molecule has 180 valence electrons. The van der Waals surface area contributed by atoms with E-state index in [-0.39, 0.29) is 12.6 Å². The maximum absolute atomic E-state index is 11.8. The number of likely N-dealkylation sites (N-methyl/N-ethyl adjacent to an activating group) is 1. The third-order valence-corrected chi connectivity index (χ3v) is 8.09. The lowest BCUT2D eigenvalue weighted by Gasteiger charge is -2.26. The van der Waals surface area contributed by atoms with Crippen molar-refractivity contribution < 1.29 is 19.1 Å². The molecule has 0 aromatic rings. The highest BCUT2D eigenvalue weighted by molar-refractivity contribution is 5.69. The number of hydrogen-bond donors (Lipinski definition) is 1. The molecule has 0 bridgehead atoms. The van der Waals surface area contributed by atoms with Gasteiger partial charge in [0.1, 0.15) is 19.3 Å². The van der Waals surface area contributed by atoms with E-state index in [1.165, 1.54) is 44.9 Å². The average Bonchev–Trinajstić information content (AvgIpc) is 3.59. The standard InChI is InChI=1S/C27H50NO3/c1-5-20-13-22(20)15-24-17-25(24)16-23-14-21(23)11-9-7-6-8-10-12-27(30)31-19-26(29)18-28(2,3)4/h20-26,29H,5-19H2,1-4H3/q+1. The number of aliphatic hydroxyl groups is 1. The number of rotatable bonds is 17. The second kappa shape index (κ2) is 11.5. The second-order valence-corrected chi connectivity index (χ2v) is 12.3. The zero-order chi connectivity index (χ0) is 22.4. The Morgan fingerprint density at radius 2 is 1.42 bits per heavy atom. The number of unbranched alkanes of at least 4 members (excludes halogenated alkanes) is 4. The summed E-state index contributed by atoms with van der Waals surface area (Å²) < 4.78 is 5.88. The van der Waals surface area contributed by atoms with Crippen LogP contribution in [0.5, 0.6) is 0 Å². The number of hydrogen-bond acceptors (Lipinski definition) is 3. The van der Waals surface area contributed by atoms with E-state index in [9.17, 15) is 9.90 Å². The lowest BCUT2D eigenvalue weighted by Crippen LogP contribution is -2.43. The molecule has 3 aliphatic carbocycles. The Bertz CT molecular complexity index is 557. The van der Waals surface area contributed by atoms with Crippen LogP contribution in [0.4, 0.5) is 0 Å². The van der Waals surface area contributed by atoms with E-state index in [0.717, 1.165) is 48.3 Å². The van der Waals surface area contributed by atoms with E-state index in [2.05, 4.69) is 6.92 Å².